The van der Waals surface area contributed by atoms with Gasteiger partial charge in [0.25, 0.3) is 5.91 Å². The van der Waals surface area contributed by atoms with Crippen LogP contribution >= 0.6 is 12.2 Å². The molecular weight excluding hydrogens is 238 g/mol. The molecule has 0 aromatic carbocycles. The molecule has 1 aromatic rings. The first-order chi connectivity index (χ1) is 8.08. The molecule has 1 unspecified atom stereocenters. The van der Waals surface area contributed by atoms with Crippen molar-refractivity contribution in [1.29, 1.82) is 0 Å². The highest BCUT2D eigenvalue weighted by molar-refractivity contribution is 7.80. The van der Waals surface area contributed by atoms with E-state index in [4.69, 9.17) is 22.5 Å². The van der Waals surface area contributed by atoms with Gasteiger partial charge in [0.05, 0.1) is 4.99 Å². The van der Waals surface area contributed by atoms with E-state index in [1.807, 2.05) is 0 Å². The first kappa shape index (κ1) is 12.0. The van der Waals surface area contributed by atoms with Crippen LogP contribution in [-0.4, -0.2) is 34.0 Å². The number of likely N-dealkylation sites (tertiary alicyclic amines) is 1. The molecular formula is C11H15N3O2S. The van der Waals surface area contributed by atoms with Crippen molar-refractivity contribution in [1.82, 2.24) is 10.1 Å². The second kappa shape index (κ2) is 4.83. The predicted octanol–water partition coefficient (Wildman–Crippen LogP) is 1.12. The van der Waals surface area contributed by atoms with Gasteiger partial charge in [0.2, 0.25) is 0 Å². The molecule has 0 bridgehead atoms. The van der Waals surface area contributed by atoms with Gasteiger partial charge in [0.15, 0.2) is 5.69 Å². The van der Waals surface area contributed by atoms with Crippen molar-refractivity contribution >= 4 is 23.1 Å². The van der Waals surface area contributed by atoms with Gasteiger partial charge >= 0.3 is 0 Å². The van der Waals surface area contributed by atoms with E-state index >= 15 is 0 Å². The molecule has 0 saturated carbocycles. The van der Waals surface area contributed by atoms with Crippen molar-refractivity contribution in [2.75, 3.05) is 13.1 Å². The van der Waals surface area contributed by atoms with Gasteiger partial charge in [-0.3, -0.25) is 4.79 Å². The summed E-state index contributed by atoms with van der Waals surface area (Å²) in [6.07, 6.45) is 1.88. The van der Waals surface area contributed by atoms with Crippen LogP contribution in [-0.2, 0) is 0 Å². The summed E-state index contributed by atoms with van der Waals surface area (Å²) >= 11 is 4.98. The molecule has 1 amide bonds. The van der Waals surface area contributed by atoms with E-state index in [1.165, 1.54) is 0 Å². The molecule has 6 heteroatoms. The van der Waals surface area contributed by atoms with Gasteiger partial charge in [-0.2, -0.15) is 0 Å². The molecule has 0 spiro atoms. The first-order valence-corrected chi connectivity index (χ1v) is 6.00. The molecule has 1 aromatic heterocycles. The molecule has 2 N–H and O–H groups in total. The Bertz CT molecular complexity index is 444. The normalized spacial score (nSPS) is 20.3. The monoisotopic (exact) mass is 253 g/mol. The number of piperidine rings is 1. The third kappa shape index (κ3) is 2.63. The molecule has 1 atom stereocenters. The molecule has 0 aliphatic carbocycles. The van der Waals surface area contributed by atoms with Crippen LogP contribution in [0.3, 0.4) is 0 Å². The van der Waals surface area contributed by atoms with Gasteiger partial charge in [-0.1, -0.05) is 17.4 Å². The second-order valence-corrected chi connectivity index (χ2v) is 4.79. The lowest BCUT2D eigenvalue weighted by Crippen LogP contribution is -2.43. The summed E-state index contributed by atoms with van der Waals surface area (Å²) < 4.78 is 4.90. The van der Waals surface area contributed by atoms with Gasteiger partial charge in [0.1, 0.15) is 5.76 Å². The number of carbonyl (C=O) groups is 1. The lowest BCUT2D eigenvalue weighted by molar-refractivity contribution is 0.0693. The van der Waals surface area contributed by atoms with Crippen LogP contribution in [0.25, 0.3) is 0 Å². The summed E-state index contributed by atoms with van der Waals surface area (Å²) in [6.45, 7) is 3.07. The number of amides is 1. The lowest BCUT2D eigenvalue weighted by atomic mass is 9.98. The zero-order chi connectivity index (χ0) is 12.4. The largest absolute Gasteiger partial charge is 0.393 e. The van der Waals surface area contributed by atoms with E-state index in [1.54, 1.807) is 17.9 Å². The highest BCUT2D eigenvalue weighted by Gasteiger charge is 2.27. The number of aromatic nitrogens is 1. The van der Waals surface area contributed by atoms with Gasteiger partial charge in [0, 0.05) is 25.1 Å². The number of thiocarbonyl (C=S) groups is 1. The summed E-state index contributed by atoms with van der Waals surface area (Å²) in [4.78, 5) is 14.3. The third-order valence-corrected chi connectivity index (χ3v) is 3.29. The molecule has 92 valence electrons. The maximum absolute atomic E-state index is 12.1. The second-order valence-electron chi connectivity index (χ2n) is 4.32. The maximum atomic E-state index is 12.1. The van der Waals surface area contributed by atoms with Crippen LogP contribution in [0, 0.1) is 12.8 Å². The van der Waals surface area contributed by atoms with E-state index in [2.05, 4.69) is 5.16 Å². The van der Waals surface area contributed by atoms with E-state index in [9.17, 15) is 4.79 Å². The summed E-state index contributed by atoms with van der Waals surface area (Å²) in [5.74, 6) is 0.648. The fourth-order valence-electron chi connectivity index (χ4n) is 2.02. The van der Waals surface area contributed by atoms with Crippen molar-refractivity contribution in [3.8, 4) is 0 Å². The van der Waals surface area contributed by atoms with Gasteiger partial charge in [-0.15, -0.1) is 0 Å². The van der Waals surface area contributed by atoms with E-state index in [0.29, 0.717) is 23.0 Å². The molecule has 1 aliphatic heterocycles. The van der Waals surface area contributed by atoms with Crippen LogP contribution in [0.5, 0.6) is 0 Å². The first-order valence-electron chi connectivity index (χ1n) is 5.60. The molecule has 5 nitrogen and oxygen atoms in total. The number of carbonyl (C=O) groups excluding carboxylic acids is 1. The molecule has 2 rings (SSSR count). The van der Waals surface area contributed by atoms with E-state index in [-0.39, 0.29) is 11.8 Å². The Morgan fingerprint density at radius 3 is 3.06 bits per heavy atom. The average molecular weight is 253 g/mol. The number of nitrogens with two attached hydrogens (primary N) is 1. The number of nitrogens with zero attached hydrogens (tertiary/aromatic N) is 2. The van der Waals surface area contributed by atoms with Crippen molar-refractivity contribution in [2.24, 2.45) is 11.7 Å². The summed E-state index contributed by atoms with van der Waals surface area (Å²) in [7, 11) is 0. The minimum absolute atomic E-state index is 0.109. The van der Waals surface area contributed by atoms with Crippen LogP contribution in [0.15, 0.2) is 10.6 Å². The SMILES string of the molecule is Cc1cc(C(=O)N2CCCC(C(N)=S)C2)no1. The van der Waals surface area contributed by atoms with Crippen LogP contribution < -0.4 is 5.73 Å². The molecule has 1 saturated heterocycles. The molecule has 1 aliphatic rings. The number of rotatable bonds is 2. The smallest absolute Gasteiger partial charge is 0.276 e. The zero-order valence-corrected chi connectivity index (χ0v) is 10.5. The standard InChI is InChI=1S/C11H15N3O2S/c1-7-5-9(13-16-7)11(15)14-4-2-3-8(6-14)10(12)17/h5,8H,2-4,6H2,1H3,(H2,12,17). The highest BCUT2D eigenvalue weighted by Crippen LogP contribution is 2.18. The Morgan fingerprint density at radius 1 is 1.71 bits per heavy atom. The topological polar surface area (TPSA) is 72.4 Å². The quantitative estimate of drug-likeness (QED) is 0.800. The van der Waals surface area contributed by atoms with Crippen LogP contribution in [0.2, 0.25) is 0 Å². The van der Waals surface area contributed by atoms with Crippen molar-refractivity contribution in [3.63, 3.8) is 0 Å². The van der Waals surface area contributed by atoms with Crippen LogP contribution in [0.4, 0.5) is 0 Å². The Kier molecular flexibility index (Phi) is 3.42. The Hall–Kier alpha value is -1.43. The van der Waals surface area contributed by atoms with Crippen LogP contribution in [0.1, 0.15) is 29.1 Å². The predicted molar refractivity (Wildman–Crippen MR) is 66.7 cm³/mol. The summed E-state index contributed by atoms with van der Waals surface area (Å²) in [5.41, 5.74) is 5.98. The maximum Gasteiger partial charge on any atom is 0.276 e. The minimum atomic E-state index is -0.109. The summed E-state index contributed by atoms with van der Waals surface area (Å²) in [6, 6.07) is 1.65. The molecule has 17 heavy (non-hydrogen) atoms. The fourth-order valence-corrected chi connectivity index (χ4v) is 2.22. The third-order valence-electron chi connectivity index (χ3n) is 2.96. The van der Waals surface area contributed by atoms with Gasteiger partial charge < -0.3 is 15.2 Å². The van der Waals surface area contributed by atoms with Crippen molar-refractivity contribution < 1.29 is 9.32 Å². The minimum Gasteiger partial charge on any atom is -0.393 e. The Labute approximate surface area is 105 Å². The van der Waals surface area contributed by atoms with Crippen molar-refractivity contribution in [2.45, 2.75) is 19.8 Å². The fraction of sp³-hybridized carbons (Fsp3) is 0.545. The summed E-state index contributed by atoms with van der Waals surface area (Å²) in [5, 5.41) is 3.73. The number of aryl methyl sites for hydroxylation is 1. The Balaban J connectivity index is 2.07. The average Bonchev–Trinajstić information content (AvgIpc) is 2.75. The number of hydrogen-bond acceptors (Lipinski definition) is 4. The van der Waals surface area contributed by atoms with Crippen molar-refractivity contribution in [3.05, 3.63) is 17.5 Å². The molecule has 1 fully saturated rings. The van der Waals surface area contributed by atoms with E-state index in [0.717, 1.165) is 19.4 Å². The van der Waals surface area contributed by atoms with Gasteiger partial charge in [-0.05, 0) is 19.8 Å². The molecule has 0 radical (unpaired) electrons. The highest BCUT2D eigenvalue weighted by atomic mass is 32.1. The Morgan fingerprint density at radius 2 is 2.47 bits per heavy atom. The number of hydrogen-bond donors (Lipinski definition) is 1. The van der Waals surface area contributed by atoms with E-state index < -0.39 is 0 Å². The zero-order valence-electron chi connectivity index (χ0n) is 9.68. The van der Waals surface area contributed by atoms with Gasteiger partial charge in [-0.25, -0.2) is 0 Å². The lowest BCUT2D eigenvalue weighted by Gasteiger charge is -2.31. The molecule has 2 heterocycles.